The molecule has 0 aliphatic carbocycles. The fourth-order valence-electron chi connectivity index (χ4n) is 2.47. The number of benzene rings is 2. The Balaban J connectivity index is 1.85. The third-order valence-electron chi connectivity index (χ3n) is 3.61. The van der Waals surface area contributed by atoms with Crippen LogP contribution in [-0.2, 0) is 20.0 Å². The van der Waals surface area contributed by atoms with Crippen LogP contribution in [0.2, 0.25) is 0 Å². The van der Waals surface area contributed by atoms with E-state index in [2.05, 4.69) is 19.4 Å². The highest BCUT2D eigenvalue weighted by molar-refractivity contribution is 7.92. The lowest BCUT2D eigenvalue weighted by Crippen LogP contribution is -2.30. The number of aromatic nitrogens is 2. The maximum Gasteiger partial charge on any atom is 0.323 e. The summed E-state index contributed by atoms with van der Waals surface area (Å²) in [5.41, 5.74) is 0.635. The number of hydrogen-bond donors (Lipinski definition) is 4. The van der Waals surface area contributed by atoms with Gasteiger partial charge < -0.3 is 9.97 Å². The molecule has 0 fully saturated rings. The number of sulfonamides is 2. The monoisotopic (exact) mass is 410 g/mol. The van der Waals surface area contributed by atoms with Crippen molar-refractivity contribution in [3.8, 4) is 0 Å². The SMILES string of the molecule is CC(C)NS(=O)(=O)c1ccc(NS(=O)(=O)c2ccc3[nH]c(=O)[nH]c3c2)cc1. The van der Waals surface area contributed by atoms with Crippen LogP contribution in [0.15, 0.2) is 57.1 Å². The Morgan fingerprint density at radius 3 is 2.04 bits per heavy atom. The molecule has 0 amide bonds. The molecule has 2 aromatic carbocycles. The molecule has 4 N–H and O–H groups in total. The van der Waals surface area contributed by atoms with Crippen molar-refractivity contribution in [1.29, 1.82) is 0 Å². The van der Waals surface area contributed by atoms with Crippen LogP contribution in [0.25, 0.3) is 11.0 Å². The lowest BCUT2D eigenvalue weighted by Gasteiger charge is -2.11. The highest BCUT2D eigenvalue weighted by Gasteiger charge is 2.18. The van der Waals surface area contributed by atoms with E-state index < -0.39 is 25.7 Å². The van der Waals surface area contributed by atoms with Crippen LogP contribution in [-0.4, -0.2) is 32.8 Å². The van der Waals surface area contributed by atoms with Crippen LogP contribution in [0.4, 0.5) is 5.69 Å². The molecule has 0 unspecified atom stereocenters. The first kappa shape index (κ1) is 19.1. The number of imidazole rings is 1. The Bertz CT molecular complexity index is 1240. The zero-order valence-corrected chi connectivity index (χ0v) is 16.1. The Morgan fingerprint density at radius 1 is 0.815 bits per heavy atom. The van der Waals surface area contributed by atoms with Gasteiger partial charge in [0.2, 0.25) is 10.0 Å². The molecule has 1 heterocycles. The van der Waals surface area contributed by atoms with Gasteiger partial charge in [-0.15, -0.1) is 0 Å². The molecule has 0 saturated heterocycles. The number of H-pyrrole nitrogens is 2. The average molecular weight is 410 g/mol. The van der Waals surface area contributed by atoms with E-state index in [1.807, 2.05) is 0 Å². The molecule has 0 aliphatic rings. The number of anilines is 1. The number of aromatic amines is 2. The van der Waals surface area contributed by atoms with Gasteiger partial charge in [-0.3, -0.25) is 4.72 Å². The molecule has 0 saturated carbocycles. The normalized spacial score (nSPS) is 12.6. The van der Waals surface area contributed by atoms with Crippen molar-refractivity contribution in [1.82, 2.24) is 14.7 Å². The number of nitrogens with one attached hydrogen (secondary N) is 4. The molecule has 144 valence electrons. The molecular formula is C16H18N4O5S2. The first-order valence-electron chi connectivity index (χ1n) is 7.94. The van der Waals surface area contributed by atoms with E-state index in [0.717, 1.165) is 0 Å². The first-order valence-corrected chi connectivity index (χ1v) is 10.9. The van der Waals surface area contributed by atoms with E-state index in [9.17, 15) is 21.6 Å². The molecule has 27 heavy (non-hydrogen) atoms. The Kier molecular flexibility index (Phi) is 4.84. The van der Waals surface area contributed by atoms with Gasteiger partial charge in [0.15, 0.2) is 0 Å². The fourth-order valence-corrected chi connectivity index (χ4v) is 4.81. The van der Waals surface area contributed by atoms with E-state index in [4.69, 9.17) is 0 Å². The van der Waals surface area contributed by atoms with Crippen LogP contribution in [0.5, 0.6) is 0 Å². The van der Waals surface area contributed by atoms with Crippen LogP contribution in [0.1, 0.15) is 13.8 Å². The Morgan fingerprint density at radius 2 is 1.41 bits per heavy atom. The van der Waals surface area contributed by atoms with Crippen molar-refractivity contribution in [2.24, 2.45) is 0 Å². The quantitative estimate of drug-likeness (QED) is 0.485. The average Bonchev–Trinajstić information content (AvgIpc) is 2.93. The summed E-state index contributed by atoms with van der Waals surface area (Å²) < 4.78 is 54.1. The van der Waals surface area contributed by atoms with Gasteiger partial charge in [-0.05, 0) is 56.3 Å². The maximum atomic E-state index is 12.5. The van der Waals surface area contributed by atoms with Crippen molar-refractivity contribution < 1.29 is 16.8 Å². The first-order chi connectivity index (χ1) is 12.6. The molecule has 9 nitrogen and oxygen atoms in total. The Labute approximate surface area is 155 Å². The molecular weight excluding hydrogens is 392 g/mol. The van der Waals surface area contributed by atoms with Crippen LogP contribution in [0.3, 0.4) is 0 Å². The summed E-state index contributed by atoms with van der Waals surface area (Å²) in [6, 6.07) is 9.27. The van der Waals surface area contributed by atoms with Gasteiger partial charge in [-0.25, -0.2) is 26.4 Å². The van der Waals surface area contributed by atoms with Gasteiger partial charge >= 0.3 is 5.69 Å². The number of fused-ring (bicyclic) bond motifs is 1. The predicted molar refractivity (Wildman–Crippen MR) is 102 cm³/mol. The maximum absolute atomic E-state index is 12.5. The molecule has 1 aromatic heterocycles. The third kappa shape index (κ3) is 4.21. The van der Waals surface area contributed by atoms with Crippen LogP contribution >= 0.6 is 0 Å². The third-order valence-corrected chi connectivity index (χ3v) is 6.66. The van der Waals surface area contributed by atoms with Crippen molar-refractivity contribution in [3.63, 3.8) is 0 Å². The summed E-state index contributed by atoms with van der Waals surface area (Å²) in [6.07, 6.45) is 0. The minimum absolute atomic E-state index is 0.0328. The van der Waals surface area contributed by atoms with Crippen molar-refractivity contribution in [3.05, 3.63) is 52.9 Å². The molecule has 11 heteroatoms. The highest BCUT2D eigenvalue weighted by atomic mass is 32.2. The topological polar surface area (TPSA) is 141 Å². The second-order valence-electron chi connectivity index (χ2n) is 6.19. The Hall–Kier alpha value is -2.63. The second kappa shape index (κ2) is 6.83. The molecule has 3 rings (SSSR count). The van der Waals surface area contributed by atoms with E-state index >= 15 is 0 Å². The van der Waals surface area contributed by atoms with Gasteiger partial charge in [-0.1, -0.05) is 0 Å². The van der Waals surface area contributed by atoms with E-state index in [1.54, 1.807) is 13.8 Å². The van der Waals surface area contributed by atoms with Gasteiger partial charge in [0.25, 0.3) is 10.0 Å². The summed E-state index contributed by atoms with van der Waals surface area (Å²) in [6.45, 7) is 3.41. The summed E-state index contributed by atoms with van der Waals surface area (Å²) in [4.78, 5) is 16.3. The summed E-state index contributed by atoms with van der Waals surface area (Å²) in [5.74, 6) is 0. The molecule has 0 atom stereocenters. The molecule has 3 aromatic rings. The van der Waals surface area contributed by atoms with Crippen molar-refractivity contribution in [2.45, 2.75) is 29.7 Å². The van der Waals surface area contributed by atoms with Crippen LogP contribution < -0.4 is 15.1 Å². The van der Waals surface area contributed by atoms with Gasteiger partial charge in [0.05, 0.1) is 20.8 Å². The van der Waals surface area contributed by atoms with Crippen LogP contribution in [0, 0.1) is 0 Å². The minimum Gasteiger partial charge on any atom is -0.306 e. The zero-order valence-electron chi connectivity index (χ0n) is 14.5. The lowest BCUT2D eigenvalue weighted by atomic mass is 10.3. The highest BCUT2D eigenvalue weighted by Crippen LogP contribution is 2.20. The number of hydrogen-bond acceptors (Lipinski definition) is 5. The fraction of sp³-hybridized carbons (Fsp3) is 0.188. The smallest absolute Gasteiger partial charge is 0.306 e. The van der Waals surface area contributed by atoms with Gasteiger partial charge in [0.1, 0.15) is 0 Å². The molecule has 0 bridgehead atoms. The summed E-state index contributed by atoms with van der Waals surface area (Å²) in [7, 11) is -7.57. The van der Waals surface area contributed by atoms with E-state index in [-0.39, 0.29) is 21.5 Å². The summed E-state index contributed by atoms with van der Waals surface area (Å²) >= 11 is 0. The largest absolute Gasteiger partial charge is 0.323 e. The molecule has 0 aliphatic heterocycles. The van der Waals surface area contributed by atoms with Crippen molar-refractivity contribution >= 4 is 36.8 Å². The second-order valence-corrected chi connectivity index (χ2v) is 9.59. The minimum atomic E-state index is -3.91. The number of rotatable bonds is 6. The summed E-state index contributed by atoms with van der Waals surface area (Å²) in [5, 5.41) is 0. The molecule has 0 spiro atoms. The predicted octanol–water partition coefficient (Wildman–Crippen LogP) is 1.34. The van der Waals surface area contributed by atoms with Gasteiger partial charge in [-0.2, -0.15) is 0 Å². The standard InChI is InChI=1S/C16H18N4O5S2/c1-10(2)19-26(22,23)12-5-3-11(4-6-12)20-27(24,25)13-7-8-14-15(9-13)18-16(21)17-14/h3-10,19-20H,1-2H3,(H2,17,18,21). The van der Waals surface area contributed by atoms with Gasteiger partial charge in [0, 0.05) is 11.7 Å². The lowest BCUT2D eigenvalue weighted by molar-refractivity contribution is 0.570. The van der Waals surface area contributed by atoms with E-state index in [0.29, 0.717) is 11.0 Å². The van der Waals surface area contributed by atoms with Crippen molar-refractivity contribution in [2.75, 3.05) is 4.72 Å². The molecule has 0 radical (unpaired) electrons. The van der Waals surface area contributed by atoms with E-state index in [1.165, 1.54) is 42.5 Å². The zero-order chi connectivity index (χ0) is 19.8.